The van der Waals surface area contributed by atoms with Gasteiger partial charge in [-0.15, -0.1) is 0 Å². The molecule has 0 fully saturated rings. The quantitative estimate of drug-likeness (QED) is 0.709. The van der Waals surface area contributed by atoms with E-state index in [9.17, 15) is 19.4 Å². The Morgan fingerprint density at radius 2 is 1.83 bits per heavy atom. The number of carbonyl (C=O) groups excluding carboxylic acids is 1. The molecule has 1 aromatic carbocycles. The summed E-state index contributed by atoms with van der Waals surface area (Å²) < 4.78 is 12.8. The summed E-state index contributed by atoms with van der Waals surface area (Å²) in [6.45, 7) is 0. The van der Waals surface area contributed by atoms with Gasteiger partial charge in [-0.3, -0.25) is 4.79 Å². The Kier molecular flexibility index (Phi) is 3.09. The second kappa shape index (κ2) is 4.70. The lowest BCUT2D eigenvalue weighted by Crippen LogP contribution is -2.13. The Bertz CT molecular complexity index is 581. The molecule has 1 aromatic heterocycles. The predicted octanol–water partition coefficient (Wildman–Crippen LogP) is 1.88. The fourth-order valence-corrected chi connectivity index (χ4v) is 1.39. The highest BCUT2D eigenvalue weighted by Crippen LogP contribution is 2.21. The van der Waals surface area contributed by atoms with E-state index in [1.807, 2.05) is 0 Å². The lowest BCUT2D eigenvalue weighted by atomic mass is 10.2. The number of aromatic hydroxyl groups is 2. The van der Waals surface area contributed by atoms with Gasteiger partial charge in [0.1, 0.15) is 17.3 Å². The largest absolute Gasteiger partial charge is 0.508 e. The molecule has 0 saturated heterocycles. The number of hydrogen-bond donors (Lipinski definition) is 3. The molecule has 5 nitrogen and oxygen atoms in total. The second-order valence-corrected chi connectivity index (χ2v) is 3.54. The van der Waals surface area contributed by atoms with Crippen LogP contribution in [-0.4, -0.2) is 21.1 Å². The van der Waals surface area contributed by atoms with Gasteiger partial charge < -0.3 is 15.5 Å². The van der Waals surface area contributed by atoms with Crippen LogP contribution in [0, 0.1) is 5.95 Å². The first kappa shape index (κ1) is 11.8. The number of nitrogens with zero attached hydrogens (tertiary/aromatic N) is 1. The average Bonchev–Trinajstić information content (AvgIpc) is 2.27. The molecule has 0 saturated carbocycles. The van der Waals surface area contributed by atoms with E-state index in [1.54, 1.807) is 0 Å². The fourth-order valence-electron chi connectivity index (χ4n) is 1.39. The lowest BCUT2D eigenvalue weighted by molar-refractivity contribution is 0.102. The molecule has 3 N–H and O–H groups in total. The van der Waals surface area contributed by atoms with E-state index in [0.717, 1.165) is 12.1 Å². The summed E-state index contributed by atoms with van der Waals surface area (Å²) in [4.78, 5) is 15.2. The maximum absolute atomic E-state index is 12.8. The van der Waals surface area contributed by atoms with Crippen LogP contribution in [-0.2, 0) is 0 Å². The van der Waals surface area contributed by atoms with Crippen LogP contribution in [0.3, 0.4) is 0 Å². The molecule has 2 aromatic rings. The number of benzene rings is 1. The number of amides is 1. The van der Waals surface area contributed by atoms with Gasteiger partial charge in [-0.2, -0.15) is 4.39 Å². The van der Waals surface area contributed by atoms with Crippen LogP contribution >= 0.6 is 0 Å². The van der Waals surface area contributed by atoms with Crippen molar-refractivity contribution in [3.63, 3.8) is 0 Å². The molecular formula is C12H9FN2O3. The van der Waals surface area contributed by atoms with Crippen LogP contribution in [0.2, 0.25) is 0 Å². The summed E-state index contributed by atoms with van der Waals surface area (Å²) in [5.74, 6) is -1.77. The van der Waals surface area contributed by atoms with E-state index >= 15 is 0 Å². The molecule has 0 radical (unpaired) electrons. The number of halogens is 1. The molecule has 1 amide bonds. The number of pyridine rings is 1. The van der Waals surface area contributed by atoms with Gasteiger partial charge in [-0.1, -0.05) is 6.07 Å². The standard InChI is InChI=1S/C12H9FN2O3/c13-10-2-1-3-11(14-10)15-12(18)7-4-8(16)6-9(17)5-7/h1-6,16-17H,(H,14,15,18). The minimum absolute atomic E-state index is 0.0403. The molecule has 0 spiro atoms. The number of nitrogens with one attached hydrogen (secondary N) is 1. The van der Waals surface area contributed by atoms with E-state index in [0.29, 0.717) is 0 Å². The van der Waals surface area contributed by atoms with Crippen molar-refractivity contribution in [2.45, 2.75) is 0 Å². The van der Waals surface area contributed by atoms with Gasteiger partial charge in [-0.25, -0.2) is 4.98 Å². The van der Waals surface area contributed by atoms with Crippen molar-refractivity contribution in [3.8, 4) is 11.5 Å². The molecule has 0 atom stereocenters. The number of phenols is 2. The van der Waals surface area contributed by atoms with Gasteiger partial charge in [0.15, 0.2) is 0 Å². The normalized spacial score (nSPS) is 10.1. The van der Waals surface area contributed by atoms with Gasteiger partial charge in [-0.05, 0) is 24.3 Å². The van der Waals surface area contributed by atoms with E-state index in [1.165, 1.54) is 24.3 Å². The smallest absolute Gasteiger partial charge is 0.257 e. The van der Waals surface area contributed by atoms with Crippen LogP contribution in [0.5, 0.6) is 11.5 Å². The van der Waals surface area contributed by atoms with E-state index in [-0.39, 0.29) is 22.9 Å². The van der Waals surface area contributed by atoms with Crippen molar-refractivity contribution in [2.24, 2.45) is 0 Å². The Labute approximate surface area is 102 Å². The third-order valence-electron chi connectivity index (χ3n) is 2.12. The van der Waals surface area contributed by atoms with Crippen molar-refractivity contribution in [3.05, 3.63) is 47.9 Å². The Hall–Kier alpha value is -2.63. The first-order valence-corrected chi connectivity index (χ1v) is 5.01. The maximum Gasteiger partial charge on any atom is 0.257 e. The van der Waals surface area contributed by atoms with Crippen molar-refractivity contribution >= 4 is 11.7 Å². The van der Waals surface area contributed by atoms with Crippen LogP contribution in [0.4, 0.5) is 10.2 Å². The van der Waals surface area contributed by atoms with Crippen molar-refractivity contribution in [1.29, 1.82) is 0 Å². The highest BCUT2D eigenvalue weighted by molar-refractivity contribution is 6.04. The number of hydrogen-bond acceptors (Lipinski definition) is 4. The summed E-state index contributed by atoms with van der Waals surface area (Å²) >= 11 is 0. The van der Waals surface area contributed by atoms with Crippen molar-refractivity contribution in [2.75, 3.05) is 5.32 Å². The van der Waals surface area contributed by atoms with E-state index < -0.39 is 11.9 Å². The van der Waals surface area contributed by atoms with Crippen molar-refractivity contribution in [1.82, 2.24) is 4.98 Å². The molecule has 0 aliphatic heterocycles. The molecule has 0 aliphatic rings. The molecule has 0 aliphatic carbocycles. The van der Waals surface area contributed by atoms with Gasteiger partial charge >= 0.3 is 0 Å². The van der Waals surface area contributed by atoms with Gasteiger partial charge in [0.2, 0.25) is 5.95 Å². The zero-order valence-corrected chi connectivity index (χ0v) is 9.09. The topological polar surface area (TPSA) is 82.5 Å². The second-order valence-electron chi connectivity index (χ2n) is 3.54. The molecule has 0 bridgehead atoms. The highest BCUT2D eigenvalue weighted by Gasteiger charge is 2.09. The minimum Gasteiger partial charge on any atom is -0.508 e. The molecule has 2 rings (SSSR count). The van der Waals surface area contributed by atoms with Gasteiger partial charge in [0.25, 0.3) is 5.91 Å². The number of rotatable bonds is 2. The summed E-state index contributed by atoms with van der Waals surface area (Å²) in [6, 6.07) is 7.41. The first-order valence-electron chi connectivity index (χ1n) is 5.01. The van der Waals surface area contributed by atoms with Gasteiger partial charge in [0, 0.05) is 11.6 Å². The van der Waals surface area contributed by atoms with Crippen LogP contribution in [0.1, 0.15) is 10.4 Å². The summed E-state index contributed by atoms with van der Waals surface area (Å²) in [6.07, 6.45) is 0. The minimum atomic E-state index is -0.716. The third kappa shape index (κ3) is 2.73. The van der Waals surface area contributed by atoms with Gasteiger partial charge in [0.05, 0.1) is 0 Å². The number of phenolic OH excluding ortho intramolecular Hbond substituents is 2. The van der Waals surface area contributed by atoms with Crippen molar-refractivity contribution < 1.29 is 19.4 Å². The summed E-state index contributed by atoms with van der Waals surface area (Å²) in [5.41, 5.74) is 0.0403. The molecule has 0 unspecified atom stereocenters. The average molecular weight is 248 g/mol. The lowest BCUT2D eigenvalue weighted by Gasteiger charge is -2.05. The molecular weight excluding hydrogens is 239 g/mol. The zero-order valence-electron chi connectivity index (χ0n) is 9.09. The Morgan fingerprint density at radius 1 is 1.17 bits per heavy atom. The Balaban J connectivity index is 2.22. The summed E-state index contributed by atoms with van der Waals surface area (Å²) in [5, 5.41) is 20.8. The Morgan fingerprint density at radius 3 is 2.44 bits per heavy atom. The molecule has 18 heavy (non-hydrogen) atoms. The first-order chi connectivity index (χ1) is 8.54. The number of anilines is 1. The van der Waals surface area contributed by atoms with Crippen LogP contribution in [0.15, 0.2) is 36.4 Å². The zero-order chi connectivity index (χ0) is 13.1. The predicted molar refractivity (Wildman–Crippen MR) is 61.9 cm³/mol. The van der Waals surface area contributed by atoms with E-state index in [2.05, 4.69) is 10.3 Å². The summed E-state index contributed by atoms with van der Waals surface area (Å²) in [7, 11) is 0. The molecule has 1 heterocycles. The highest BCUT2D eigenvalue weighted by atomic mass is 19.1. The van der Waals surface area contributed by atoms with Crippen LogP contribution in [0.25, 0.3) is 0 Å². The van der Waals surface area contributed by atoms with E-state index in [4.69, 9.17) is 0 Å². The number of aromatic nitrogens is 1. The molecule has 6 heteroatoms. The number of carbonyl (C=O) groups is 1. The monoisotopic (exact) mass is 248 g/mol. The fraction of sp³-hybridized carbons (Fsp3) is 0. The third-order valence-corrected chi connectivity index (χ3v) is 2.12. The van der Waals surface area contributed by atoms with Crippen LogP contribution < -0.4 is 5.32 Å². The maximum atomic E-state index is 12.8. The SMILES string of the molecule is O=C(Nc1cccc(F)n1)c1cc(O)cc(O)c1. The molecule has 92 valence electrons.